The molecule has 0 aromatic carbocycles. The number of aryl methyl sites for hydroxylation is 1. The van der Waals surface area contributed by atoms with Gasteiger partial charge in [-0.1, -0.05) is 6.07 Å². The molecule has 7 nitrogen and oxygen atoms in total. The molecular weight excluding hydrogens is 499 g/mol. The van der Waals surface area contributed by atoms with Gasteiger partial charge >= 0.3 is 0 Å². The van der Waals surface area contributed by atoms with E-state index in [4.69, 9.17) is 4.74 Å². The maximum Gasteiger partial charge on any atom is 0.193 e. The van der Waals surface area contributed by atoms with E-state index in [0.29, 0.717) is 12.6 Å². The average Bonchev–Trinajstić information content (AvgIpc) is 3.48. The summed E-state index contributed by atoms with van der Waals surface area (Å²) >= 11 is 1.85. The minimum atomic E-state index is 0. The summed E-state index contributed by atoms with van der Waals surface area (Å²) < 4.78 is 7.81. The molecule has 1 N–H and O–H groups in total. The number of halogens is 1. The number of nitrogens with one attached hydrogen (secondary N) is 1. The number of guanidine groups is 1. The minimum Gasteiger partial charge on any atom is -0.370 e. The first-order valence-corrected chi connectivity index (χ1v) is 11.0. The normalized spacial score (nSPS) is 21.8. The lowest BCUT2D eigenvalue weighted by molar-refractivity contribution is -0.00812. The molecule has 2 unspecified atom stereocenters. The number of likely N-dealkylation sites (tertiary alicyclic amines) is 1. The molecular formula is C20H31IN6OS. The van der Waals surface area contributed by atoms with Gasteiger partial charge in [-0.25, -0.2) is 0 Å². The Kier molecular flexibility index (Phi) is 8.34. The summed E-state index contributed by atoms with van der Waals surface area (Å²) in [5, 5.41) is 10.1. The van der Waals surface area contributed by atoms with Crippen LogP contribution in [0.2, 0.25) is 0 Å². The van der Waals surface area contributed by atoms with Crippen LogP contribution in [-0.2, 0) is 11.8 Å². The first-order valence-electron chi connectivity index (χ1n) is 10.1. The fourth-order valence-electron chi connectivity index (χ4n) is 4.11. The highest BCUT2D eigenvalue weighted by Gasteiger charge is 2.28. The standard InChI is InChI=1S/C20H30N6OS.HI/c1-21-20(26-9-10-27-18(15-26)16-12-23-24(2)14-16)22-13-17(19-6-5-11-28-19)25-7-3-4-8-25;/h5-6,11-12,14,17-18H,3-4,7-10,13,15H2,1-2H3,(H,21,22);1H. The maximum absolute atomic E-state index is 5.98. The van der Waals surface area contributed by atoms with E-state index >= 15 is 0 Å². The molecule has 2 aliphatic heterocycles. The number of aliphatic imine (C=N–C) groups is 1. The molecule has 0 amide bonds. The highest BCUT2D eigenvalue weighted by molar-refractivity contribution is 14.0. The number of hydrogen-bond donors (Lipinski definition) is 1. The van der Waals surface area contributed by atoms with Crippen molar-refractivity contribution in [2.45, 2.75) is 25.0 Å². The van der Waals surface area contributed by atoms with Crippen molar-refractivity contribution in [3.8, 4) is 0 Å². The van der Waals surface area contributed by atoms with Crippen molar-refractivity contribution in [1.29, 1.82) is 0 Å². The molecule has 4 heterocycles. The topological polar surface area (TPSA) is 57.9 Å². The molecule has 2 fully saturated rings. The lowest BCUT2D eigenvalue weighted by atomic mass is 10.1. The monoisotopic (exact) mass is 530 g/mol. The highest BCUT2D eigenvalue weighted by Crippen LogP contribution is 2.28. The van der Waals surface area contributed by atoms with Gasteiger partial charge < -0.3 is 15.0 Å². The largest absolute Gasteiger partial charge is 0.370 e. The van der Waals surface area contributed by atoms with Crippen molar-refractivity contribution in [1.82, 2.24) is 24.9 Å². The Morgan fingerprint density at radius 1 is 1.38 bits per heavy atom. The number of hydrogen-bond acceptors (Lipinski definition) is 5. The predicted molar refractivity (Wildman–Crippen MR) is 128 cm³/mol. The average molecular weight is 530 g/mol. The zero-order valence-electron chi connectivity index (χ0n) is 17.2. The summed E-state index contributed by atoms with van der Waals surface area (Å²) in [6, 6.07) is 4.82. The Morgan fingerprint density at radius 3 is 2.86 bits per heavy atom. The van der Waals surface area contributed by atoms with Gasteiger partial charge in [0.1, 0.15) is 6.10 Å². The molecule has 29 heavy (non-hydrogen) atoms. The van der Waals surface area contributed by atoms with Gasteiger partial charge in [0.25, 0.3) is 0 Å². The first-order chi connectivity index (χ1) is 13.7. The van der Waals surface area contributed by atoms with E-state index in [1.807, 2.05) is 42.5 Å². The fourth-order valence-corrected chi connectivity index (χ4v) is 4.97. The summed E-state index contributed by atoms with van der Waals surface area (Å²) in [4.78, 5) is 10.9. The van der Waals surface area contributed by atoms with Crippen LogP contribution in [-0.4, -0.2) is 71.9 Å². The molecule has 9 heteroatoms. The highest BCUT2D eigenvalue weighted by atomic mass is 127. The number of thiophene rings is 1. The minimum absolute atomic E-state index is 0. The summed E-state index contributed by atoms with van der Waals surface area (Å²) in [7, 11) is 3.81. The molecule has 2 aromatic heterocycles. The second kappa shape index (κ2) is 10.7. The van der Waals surface area contributed by atoms with Gasteiger partial charge in [0, 0.05) is 43.8 Å². The van der Waals surface area contributed by atoms with Crippen LogP contribution in [0.3, 0.4) is 0 Å². The quantitative estimate of drug-likeness (QED) is 0.366. The van der Waals surface area contributed by atoms with Crippen LogP contribution in [0.25, 0.3) is 0 Å². The Hall–Kier alpha value is -1.17. The van der Waals surface area contributed by atoms with E-state index in [1.54, 1.807) is 0 Å². The summed E-state index contributed by atoms with van der Waals surface area (Å²) in [6.45, 7) is 5.58. The van der Waals surface area contributed by atoms with E-state index in [2.05, 4.69) is 42.7 Å². The van der Waals surface area contributed by atoms with Crippen molar-refractivity contribution in [2.24, 2.45) is 12.0 Å². The van der Waals surface area contributed by atoms with Gasteiger partial charge in [-0.15, -0.1) is 35.3 Å². The van der Waals surface area contributed by atoms with Crippen LogP contribution >= 0.6 is 35.3 Å². The molecule has 0 radical (unpaired) electrons. The number of ether oxygens (including phenoxy) is 1. The molecule has 160 valence electrons. The van der Waals surface area contributed by atoms with Crippen LogP contribution < -0.4 is 5.32 Å². The Labute approximate surface area is 194 Å². The van der Waals surface area contributed by atoms with Gasteiger partial charge in [0.2, 0.25) is 0 Å². The van der Waals surface area contributed by atoms with Crippen molar-refractivity contribution in [2.75, 3.05) is 46.4 Å². The third-order valence-corrected chi connectivity index (χ3v) is 6.55. The smallest absolute Gasteiger partial charge is 0.193 e. The molecule has 0 saturated carbocycles. The van der Waals surface area contributed by atoms with Gasteiger partial charge in [-0.2, -0.15) is 5.10 Å². The Balaban J connectivity index is 0.00000240. The second-order valence-electron chi connectivity index (χ2n) is 7.46. The van der Waals surface area contributed by atoms with Gasteiger partial charge in [-0.05, 0) is 37.4 Å². The van der Waals surface area contributed by atoms with E-state index in [-0.39, 0.29) is 30.1 Å². The third-order valence-electron chi connectivity index (χ3n) is 5.58. The molecule has 0 aliphatic carbocycles. The van der Waals surface area contributed by atoms with Crippen LogP contribution in [0, 0.1) is 0 Å². The number of aromatic nitrogens is 2. The molecule has 2 saturated heterocycles. The number of nitrogens with zero attached hydrogens (tertiary/aromatic N) is 5. The lowest BCUT2D eigenvalue weighted by Crippen LogP contribution is -2.49. The summed E-state index contributed by atoms with van der Waals surface area (Å²) in [5.41, 5.74) is 1.12. The lowest BCUT2D eigenvalue weighted by Gasteiger charge is -2.36. The third kappa shape index (κ3) is 5.50. The van der Waals surface area contributed by atoms with Crippen LogP contribution in [0.1, 0.15) is 35.4 Å². The molecule has 2 aromatic rings. The molecule has 0 spiro atoms. The molecule has 2 aliphatic rings. The van der Waals surface area contributed by atoms with Gasteiger partial charge in [-0.3, -0.25) is 14.6 Å². The predicted octanol–water partition coefficient (Wildman–Crippen LogP) is 2.89. The van der Waals surface area contributed by atoms with Crippen molar-refractivity contribution in [3.63, 3.8) is 0 Å². The summed E-state index contributed by atoms with van der Waals surface area (Å²) in [6.07, 6.45) is 6.56. The van der Waals surface area contributed by atoms with Crippen LogP contribution in [0.15, 0.2) is 34.9 Å². The van der Waals surface area contributed by atoms with Gasteiger partial charge in [0.05, 0.1) is 25.4 Å². The number of rotatable bonds is 5. The van der Waals surface area contributed by atoms with E-state index in [9.17, 15) is 0 Å². The Bertz CT molecular complexity index is 774. The van der Waals surface area contributed by atoms with E-state index in [1.165, 1.54) is 30.8 Å². The van der Waals surface area contributed by atoms with Crippen LogP contribution in [0.4, 0.5) is 0 Å². The van der Waals surface area contributed by atoms with Crippen LogP contribution in [0.5, 0.6) is 0 Å². The molecule has 4 rings (SSSR count). The van der Waals surface area contributed by atoms with Crippen molar-refractivity contribution >= 4 is 41.3 Å². The Morgan fingerprint density at radius 2 is 2.21 bits per heavy atom. The van der Waals surface area contributed by atoms with Crippen molar-refractivity contribution in [3.05, 3.63) is 40.3 Å². The maximum atomic E-state index is 5.98. The van der Waals surface area contributed by atoms with E-state index in [0.717, 1.165) is 31.2 Å². The number of morpholine rings is 1. The second-order valence-corrected chi connectivity index (χ2v) is 8.43. The zero-order chi connectivity index (χ0) is 19.3. The van der Waals surface area contributed by atoms with Gasteiger partial charge in [0.15, 0.2) is 5.96 Å². The molecule has 2 atom stereocenters. The first kappa shape index (κ1) is 22.5. The molecule has 0 bridgehead atoms. The SMILES string of the molecule is CN=C(NCC(c1cccs1)N1CCCC1)N1CCOC(c2cnn(C)c2)C1.I. The fraction of sp³-hybridized carbons (Fsp3) is 0.600. The van der Waals surface area contributed by atoms with E-state index < -0.39 is 0 Å². The zero-order valence-corrected chi connectivity index (χ0v) is 20.3. The van der Waals surface area contributed by atoms with Crippen molar-refractivity contribution < 1.29 is 4.74 Å². The summed E-state index contributed by atoms with van der Waals surface area (Å²) in [5.74, 6) is 0.956.